The van der Waals surface area contributed by atoms with Crippen LogP contribution in [0.2, 0.25) is 5.02 Å². The van der Waals surface area contributed by atoms with Gasteiger partial charge in [-0.25, -0.2) is 15.0 Å². The number of nitrogen functional groups attached to an aromatic ring is 1. The van der Waals surface area contributed by atoms with Crippen molar-refractivity contribution in [2.24, 2.45) is 37.0 Å². The summed E-state index contributed by atoms with van der Waals surface area (Å²) < 4.78 is 7.83. The fourth-order valence-corrected chi connectivity index (χ4v) is 6.23. The summed E-state index contributed by atoms with van der Waals surface area (Å²) in [5, 5.41) is 18.1. The number of benzene rings is 1. The smallest absolute Gasteiger partial charge is 0 e. The molecule has 0 bridgehead atoms. The third kappa shape index (κ3) is 17.6. The van der Waals surface area contributed by atoms with Crippen molar-refractivity contribution >= 4 is 49.0 Å². The number of nitroso groups, excluding NO2 is 1. The minimum atomic E-state index is -0.332. The Morgan fingerprint density at radius 3 is 2.02 bits per heavy atom. The number of thiol groups is 1. The van der Waals surface area contributed by atoms with Gasteiger partial charge in [-0.3, -0.25) is 0 Å². The number of para-hydroxylation sites is 1. The van der Waals surface area contributed by atoms with Crippen LogP contribution in [0.25, 0.3) is 0 Å². The van der Waals surface area contributed by atoms with Crippen LogP contribution in [0.15, 0.2) is 90.1 Å². The van der Waals surface area contributed by atoms with Crippen molar-refractivity contribution in [1.82, 2.24) is 15.0 Å². The molecule has 0 unspecified atom stereocenters. The van der Waals surface area contributed by atoms with E-state index in [9.17, 15) is 4.91 Å². The Morgan fingerprint density at radius 2 is 1.48 bits per heavy atom. The van der Waals surface area contributed by atoms with Gasteiger partial charge in [0.05, 0.1) is 23.5 Å². The van der Waals surface area contributed by atoms with Crippen LogP contribution >= 0.6 is 33.2 Å². The van der Waals surface area contributed by atoms with E-state index in [1.807, 2.05) is 29.6 Å². The Hall–Kier alpha value is -7.40. The maximum Gasteiger partial charge on any atom is 0 e. The molecular formula is C43H43ClIN12O2S2-. The van der Waals surface area contributed by atoms with Gasteiger partial charge in [-0.05, 0) is 114 Å². The largest absolute Gasteiger partial charge is 0 e. The van der Waals surface area contributed by atoms with Gasteiger partial charge in [0.25, 0.3) is 0 Å². The second kappa shape index (κ2) is 28.9. The first kappa shape index (κ1) is 48.0. The summed E-state index contributed by atoms with van der Waals surface area (Å²) in [6.07, 6.45) is 11.8. The molecule has 1 fully saturated rings. The number of rotatable bonds is 7. The van der Waals surface area contributed by atoms with E-state index < -0.39 is 0 Å². The summed E-state index contributed by atoms with van der Waals surface area (Å²) in [5.74, 6) is 49.0. The van der Waals surface area contributed by atoms with Gasteiger partial charge in [-0.1, -0.05) is 47.5 Å². The zero-order valence-corrected chi connectivity index (χ0v) is 36.4. The second-order valence-electron chi connectivity index (χ2n) is 10.8. The monoisotopic (exact) mass is 985 g/mol. The number of aromatic nitrogens is 3. The SMILES string of the molecule is C#CC#CC#CC#CC#CC#CC#CC#CC#CC#CC.Nc1nccc(Sc2cnc(N3CCC4(CC3)Oc3ccccc3[C@H]4N)cn2)c1Cl.O=N/N=N/N=N/N=C/[I-]S.[HH].[HH].[HH].[HH].[HH].[HH].[HH].[HH]. The number of halogens is 2. The summed E-state index contributed by atoms with van der Waals surface area (Å²) >= 11 is 7.30. The molecule has 2 aliphatic heterocycles. The van der Waals surface area contributed by atoms with Gasteiger partial charge >= 0.3 is 70.0 Å². The van der Waals surface area contributed by atoms with Gasteiger partial charge in [0.1, 0.15) is 28.0 Å². The Bertz CT molecular complexity index is 2810. The second-order valence-corrected chi connectivity index (χ2v) is 14.6. The van der Waals surface area contributed by atoms with E-state index in [1.54, 1.807) is 25.5 Å². The first-order valence-corrected chi connectivity index (χ1v) is 22.5. The minimum Gasteiger partial charge on any atom is 0 e. The zero-order valence-electron chi connectivity index (χ0n) is 31.7. The molecule has 1 aromatic carbocycles. The van der Waals surface area contributed by atoms with Crippen molar-refractivity contribution in [1.29, 1.82) is 0 Å². The molecule has 14 nitrogen and oxygen atoms in total. The molecule has 61 heavy (non-hydrogen) atoms. The fourth-order valence-electron chi connectivity index (χ4n) is 4.76. The molecule has 1 atom stereocenters. The Labute approximate surface area is 389 Å². The number of pyridine rings is 1. The molecule has 0 radical (unpaired) electrons. The van der Waals surface area contributed by atoms with Crippen molar-refractivity contribution in [2.45, 2.75) is 41.3 Å². The molecule has 2 aromatic heterocycles. The fraction of sp³-hybridized carbons (Fsp3) is 0.163. The van der Waals surface area contributed by atoms with Crippen LogP contribution in [0.5, 0.6) is 5.75 Å². The van der Waals surface area contributed by atoms with Crippen molar-refractivity contribution in [3.63, 3.8) is 0 Å². The molecule has 3 aromatic rings. The van der Waals surface area contributed by atoms with Crippen LogP contribution in [-0.4, -0.2) is 37.9 Å². The van der Waals surface area contributed by atoms with Gasteiger partial charge < -0.3 is 21.1 Å². The van der Waals surface area contributed by atoms with Gasteiger partial charge in [0.15, 0.2) is 0 Å². The number of terminal acetylenes is 1. The van der Waals surface area contributed by atoms with Crippen molar-refractivity contribution in [3.05, 3.63) is 64.4 Å². The number of nitrogens with zero attached hydrogens (tertiary/aromatic N) is 10. The van der Waals surface area contributed by atoms with Crippen LogP contribution in [0.1, 0.15) is 42.8 Å². The van der Waals surface area contributed by atoms with E-state index in [0.29, 0.717) is 10.8 Å². The number of ether oxygens (including phenoxy) is 1. The van der Waals surface area contributed by atoms with Gasteiger partial charge in [-0.2, -0.15) is 0 Å². The summed E-state index contributed by atoms with van der Waals surface area (Å²) in [4.78, 5) is 25.4. The van der Waals surface area contributed by atoms with E-state index in [0.717, 1.165) is 53.0 Å². The first-order valence-electron chi connectivity index (χ1n) is 16.9. The topological polar surface area (TPSA) is 194 Å². The van der Waals surface area contributed by atoms with E-state index in [4.69, 9.17) is 34.2 Å². The van der Waals surface area contributed by atoms with E-state index in [1.165, 1.54) is 16.0 Å². The molecular weight excluding hydrogens is 943 g/mol. The van der Waals surface area contributed by atoms with Crippen LogP contribution in [0.3, 0.4) is 0 Å². The molecule has 1 spiro atoms. The van der Waals surface area contributed by atoms with Crippen LogP contribution in [-0.2, 0) is 0 Å². The van der Waals surface area contributed by atoms with Crippen molar-refractivity contribution in [2.75, 3.05) is 23.7 Å². The average molecular weight is 986 g/mol. The standard InChI is InChI=1S/C21H21ClN6OS.C21H4.CH2IN6OS.8H2/c22-18-15(5-8-25-20(18)24)30-17-12-26-16(11-27-17)28-9-6-21(7-10-28)19(23)13-3-1-2-4-14(13)29-21;1-3-5-7-9-11-13-15-17-19-21-20-18-16-14-12-10-8-6-4-2;9-8-7-6-5-4-3-1-2-10;;;;;;;;/h1-5,8,11-12,19H,6-7,9-10,23H2,(H2,24,25);1H,2H3;1,10H;8*1H/q;;-1;;;;;;;;/b;;3-1+,5-4+,7-6+;;;;;;;;/t19-;;;;;;;;;;/m1........../s1. The number of hydrogen-bond donors (Lipinski definition) is 3. The molecule has 18 heteroatoms. The molecule has 1 saturated heterocycles. The number of nitrogens with two attached hydrogens (primary N) is 2. The summed E-state index contributed by atoms with van der Waals surface area (Å²) in [5.41, 5.74) is 13.1. The van der Waals surface area contributed by atoms with Gasteiger partial charge in [0.2, 0.25) is 0 Å². The molecule has 0 aliphatic carbocycles. The average Bonchev–Trinajstić information content (AvgIpc) is 3.55. The summed E-state index contributed by atoms with van der Waals surface area (Å²) in [7, 11) is 3.90. The van der Waals surface area contributed by atoms with Crippen LogP contribution < -0.4 is 40.9 Å². The number of anilines is 2. The zero-order chi connectivity index (χ0) is 43.8. The summed E-state index contributed by atoms with van der Waals surface area (Å²) in [6.45, 7) is 3.33. The van der Waals surface area contributed by atoms with E-state index in [-0.39, 0.29) is 42.9 Å². The van der Waals surface area contributed by atoms with Crippen LogP contribution in [0.4, 0.5) is 11.6 Å². The third-order valence-electron chi connectivity index (χ3n) is 7.27. The Morgan fingerprint density at radius 1 is 0.885 bits per heavy atom. The third-order valence-corrected chi connectivity index (χ3v) is 9.84. The molecule has 4 N–H and O–H groups in total. The van der Waals surface area contributed by atoms with Crippen LogP contribution in [0, 0.1) is 124 Å². The number of piperidine rings is 1. The number of fused-ring (bicyclic) bond motifs is 1. The minimum absolute atomic E-state index is 0. The normalized spacial score (nSPS) is 13.0. The Balaban J connectivity index is -0.000000227. The van der Waals surface area contributed by atoms with E-state index >= 15 is 0 Å². The predicted molar refractivity (Wildman–Crippen MR) is 252 cm³/mol. The predicted octanol–water partition coefficient (Wildman–Crippen LogP) is 4.69. The molecule has 0 amide bonds. The molecule has 314 valence electrons. The summed E-state index contributed by atoms with van der Waals surface area (Å²) in [6, 6.07) is 9.78. The maximum atomic E-state index is 9.24. The quantitative estimate of drug-likeness (QED) is 0.0573. The number of hydrogen-bond acceptors (Lipinski definition) is 11. The molecule has 2 aliphatic rings. The van der Waals surface area contributed by atoms with Gasteiger partial charge in [-0.15, -0.1) is 6.42 Å². The molecule has 0 saturated carbocycles. The van der Waals surface area contributed by atoms with E-state index in [2.05, 4.69) is 174 Å². The first-order chi connectivity index (χ1) is 29.9. The maximum absolute atomic E-state index is 9.24. The van der Waals surface area contributed by atoms with Crippen molar-refractivity contribution in [3.8, 4) is 125 Å². The Kier molecular flexibility index (Phi) is 22.7. The molecule has 4 heterocycles. The molecule has 5 rings (SSSR count). The van der Waals surface area contributed by atoms with Crippen molar-refractivity contribution < 1.29 is 36.0 Å². The van der Waals surface area contributed by atoms with Gasteiger partial charge in [0, 0.05) is 65.8 Å².